The van der Waals surface area contributed by atoms with E-state index in [1.807, 2.05) is 0 Å². The van der Waals surface area contributed by atoms with Gasteiger partial charge in [-0.05, 0) is 19.3 Å². The van der Waals surface area contributed by atoms with Gasteiger partial charge in [0.05, 0.1) is 0 Å². The number of esters is 1. The van der Waals surface area contributed by atoms with Crippen molar-refractivity contribution in [2.75, 3.05) is 0 Å². The third-order valence-corrected chi connectivity index (χ3v) is 2.92. The summed E-state index contributed by atoms with van der Waals surface area (Å²) in [6.45, 7) is 3.79. The average molecular weight is 166 g/mol. The molecule has 0 radical (unpaired) electrons. The lowest BCUT2D eigenvalue weighted by Crippen LogP contribution is -2.14. The summed E-state index contributed by atoms with van der Waals surface area (Å²) in [4.78, 5) is 11.1. The molecular weight excluding hydrogens is 152 g/mol. The zero-order chi connectivity index (χ0) is 8.55. The van der Waals surface area contributed by atoms with Gasteiger partial charge in [0.15, 0.2) is 0 Å². The Morgan fingerprint density at radius 3 is 2.83 bits per heavy atom. The van der Waals surface area contributed by atoms with Crippen LogP contribution >= 0.6 is 0 Å². The fourth-order valence-corrected chi connectivity index (χ4v) is 2.18. The molecule has 1 saturated carbocycles. The van der Waals surface area contributed by atoms with Gasteiger partial charge < -0.3 is 4.74 Å². The third kappa shape index (κ3) is 1.15. The number of carbonyl (C=O) groups excluding carboxylic acids is 1. The summed E-state index contributed by atoms with van der Waals surface area (Å²) in [6.07, 6.45) is 5.98. The van der Waals surface area contributed by atoms with E-state index in [-0.39, 0.29) is 12.1 Å². The van der Waals surface area contributed by atoms with E-state index < -0.39 is 0 Å². The quantitative estimate of drug-likeness (QED) is 0.406. The van der Waals surface area contributed by atoms with Gasteiger partial charge in [0, 0.05) is 11.5 Å². The lowest BCUT2D eigenvalue weighted by Gasteiger charge is -2.12. The molecule has 0 bridgehead atoms. The van der Waals surface area contributed by atoms with E-state index in [2.05, 4.69) is 6.58 Å². The van der Waals surface area contributed by atoms with Crippen molar-refractivity contribution in [3.63, 3.8) is 0 Å². The molecule has 1 heterocycles. The second-order valence-corrected chi connectivity index (χ2v) is 3.71. The smallest absolute Gasteiger partial charge is 0.334 e. The molecular formula is C10H14O2. The predicted octanol–water partition coefficient (Wildman–Crippen LogP) is 2.05. The molecule has 2 fully saturated rings. The zero-order valence-electron chi connectivity index (χ0n) is 7.21. The van der Waals surface area contributed by atoms with Crippen LogP contribution in [0.1, 0.15) is 32.1 Å². The fourth-order valence-electron chi connectivity index (χ4n) is 2.18. The standard InChI is InChI=1S/C10H14O2/c1-7-8-5-3-2-4-6-9(8)12-10(7)11/h8-9H,1-6H2/t8-,9+/m1/s1. The number of fused-ring (bicyclic) bond motifs is 1. The Balaban J connectivity index is 2.15. The first-order chi connectivity index (χ1) is 5.79. The summed E-state index contributed by atoms with van der Waals surface area (Å²) in [7, 11) is 0. The van der Waals surface area contributed by atoms with Gasteiger partial charge >= 0.3 is 5.97 Å². The molecule has 66 valence electrons. The van der Waals surface area contributed by atoms with Crippen LogP contribution in [0.25, 0.3) is 0 Å². The first-order valence-corrected chi connectivity index (χ1v) is 4.69. The first-order valence-electron chi connectivity index (χ1n) is 4.69. The van der Waals surface area contributed by atoms with Gasteiger partial charge in [-0.3, -0.25) is 0 Å². The van der Waals surface area contributed by atoms with Crippen LogP contribution in [-0.2, 0) is 9.53 Å². The van der Waals surface area contributed by atoms with E-state index in [0.29, 0.717) is 11.5 Å². The molecule has 0 spiro atoms. The fraction of sp³-hybridized carbons (Fsp3) is 0.700. The summed E-state index contributed by atoms with van der Waals surface area (Å²) < 4.78 is 5.22. The summed E-state index contributed by atoms with van der Waals surface area (Å²) in [5.41, 5.74) is 0.710. The van der Waals surface area contributed by atoms with Gasteiger partial charge in [-0.2, -0.15) is 0 Å². The molecule has 2 heteroatoms. The Bertz CT molecular complexity index is 220. The SMILES string of the molecule is C=C1C(=O)O[C@H]2CCCCC[C@H]12. The molecule has 1 aliphatic carbocycles. The highest BCUT2D eigenvalue weighted by atomic mass is 16.6. The van der Waals surface area contributed by atoms with E-state index in [4.69, 9.17) is 4.74 Å². The Labute approximate surface area is 72.6 Å². The van der Waals surface area contributed by atoms with Crippen molar-refractivity contribution in [2.45, 2.75) is 38.2 Å². The van der Waals surface area contributed by atoms with Gasteiger partial charge in [0.1, 0.15) is 6.10 Å². The first kappa shape index (κ1) is 7.84. The van der Waals surface area contributed by atoms with Crippen molar-refractivity contribution in [2.24, 2.45) is 5.92 Å². The van der Waals surface area contributed by atoms with Gasteiger partial charge in [-0.15, -0.1) is 0 Å². The third-order valence-electron chi connectivity index (χ3n) is 2.92. The van der Waals surface area contributed by atoms with Crippen molar-refractivity contribution in [3.8, 4) is 0 Å². The van der Waals surface area contributed by atoms with Crippen molar-refractivity contribution in [3.05, 3.63) is 12.2 Å². The van der Waals surface area contributed by atoms with Crippen LogP contribution in [0.5, 0.6) is 0 Å². The van der Waals surface area contributed by atoms with Crippen molar-refractivity contribution in [1.29, 1.82) is 0 Å². The monoisotopic (exact) mass is 166 g/mol. The lowest BCUT2D eigenvalue weighted by atomic mass is 9.93. The number of ether oxygens (including phenoxy) is 1. The van der Waals surface area contributed by atoms with E-state index >= 15 is 0 Å². The van der Waals surface area contributed by atoms with Gasteiger partial charge in [0.2, 0.25) is 0 Å². The molecule has 2 atom stereocenters. The van der Waals surface area contributed by atoms with Crippen LogP contribution in [-0.4, -0.2) is 12.1 Å². The van der Waals surface area contributed by atoms with Crippen LogP contribution in [0.3, 0.4) is 0 Å². The number of rotatable bonds is 0. The molecule has 0 aromatic carbocycles. The van der Waals surface area contributed by atoms with E-state index in [9.17, 15) is 4.79 Å². The largest absolute Gasteiger partial charge is 0.458 e. The number of hydrogen-bond acceptors (Lipinski definition) is 2. The minimum absolute atomic E-state index is 0.160. The maximum Gasteiger partial charge on any atom is 0.334 e. The summed E-state index contributed by atoms with van der Waals surface area (Å²) in [5.74, 6) is 0.173. The van der Waals surface area contributed by atoms with Crippen molar-refractivity contribution < 1.29 is 9.53 Å². The van der Waals surface area contributed by atoms with Crippen LogP contribution in [0.4, 0.5) is 0 Å². The van der Waals surface area contributed by atoms with E-state index in [1.54, 1.807) is 0 Å². The van der Waals surface area contributed by atoms with Gasteiger partial charge in [-0.1, -0.05) is 19.4 Å². The highest BCUT2D eigenvalue weighted by Gasteiger charge is 2.38. The molecule has 0 unspecified atom stereocenters. The lowest BCUT2D eigenvalue weighted by molar-refractivity contribution is -0.139. The maximum atomic E-state index is 11.1. The molecule has 0 aromatic rings. The minimum Gasteiger partial charge on any atom is -0.458 e. The Hall–Kier alpha value is -0.790. The summed E-state index contributed by atoms with van der Waals surface area (Å²) in [5, 5.41) is 0. The van der Waals surface area contributed by atoms with Crippen LogP contribution in [0, 0.1) is 5.92 Å². The normalized spacial score (nSPS) is 35.7. The maximum absolute atomic E-state index is 11.1. The van der Waals surface area contributed by atoms with Gasteiger partial charge in [0.25, 0.3) is 0 Å². The Morgan fingerprint density at radius 2 is 2.00 bits per heavy atom. The van der Waals surface area contributed by atoms with E-state index in [1.165, 1.54) is 19.3 Å². The van der Waals surface area contributed by atoms with Crippen LogP contribution in [0.2, 0.25) is 0 Å². The molecule has 0 amide bonds. The number of hydrogen-bond donors (Lipinski definition) is 0. The van der Waals surface area contributed by atoms with Gasteiger partial charge in [-0.25, -0.2) is 4.79 Å². The number of carbonyl (C=O) groups is 1. The molecule has 2 nitrogen and oxygen atoms in total. The predicted molar refractivity (Wildman–Crippen MR) is 45.6 cm³/mol. The Kier molecular flexibility index (Phi) is 1.91. The summed E-state index contributed by atoms with van der Waals surface area (Å²) in [6, 6.07) is 0. The topological polar surface area (TPSA) is 26.3 Å². The molecule has 1 saturated heterocycles. The molecule has 2 aliphatic rings. The second kappa shape index (κ2) is 2.92. The van der Waals surface area contributed by atoms with Crippen molar-refractivity contribution >= 4 is 5.97 Å². The van der Waals surface area contributed by atoms with Crippen molar-refractivity contribution in [1.82, 2.24) is 0 Å². The molecule has 2 rings (SSSR count). The molecule has 0 N–H and O–H groups in total. The highest BCUT2D eigenvalue weighted by molar-refractivity contribution is 5.90. The zero-order valence-corrected chi connectivity index (χ0v) is 7.21. The molecule has 0 aromatic heterocycles. The highest BCUT2D eigenvalue weighted by Crippen LogP contribution is 2.36. The minimum atomic E-state index is -0.160. The summed E-state index contributed by atoms with van der Waals surface area (Å²) >= 11 is 0. The Morgan fingerprint density at radius 1 is 1.25 bits per heavy atom. The van der Waals surface area contributed by atoms with Crippen LogP contribution in [0.15, 0.2) is 12.2 Å². The molecule has 1 aliphatic heterocycles. The van der Waals surface area contributed by atoms with E-state index in [0.717, 1.165) is 12.8 Å². The van der Waals surface area contributed by atoms with Crippen LogP contribution < -0.4 is 0 Å². The second-order valence-electron chi connectivity index (χ2n) is 3.71. The molecule has 12 heavy (non-hydrogen) atoms. The average Bonchev–Trinajstić information content (AvgIpc) is 2.30.